The van der Waals surface area contributed by atoms with E-state index in [4.69, 9.17) is 21.1 Å². The Kier molecular flexibility index (Phi) is 5.55. The lowest BCUT2D eigenvalue weighted by Gasteiger charge is -2.32. The summed E-state index contributed by atoms with van der Waals surface area (Å²) in [4.78, 5) is 40.8. The minimum absolute atomic E-state index is 0.0855. The number of halogens is 1. The summed E-state index contributed by atoms with van der Waals surface area (Å²) < 4.78 is 10.5. The van der Waals surface area contributed by atoms with Crippen LogP contribution in [-0.2, 0) is 9.59 Å². The number of carbonyl (C=O) groups is 2. The fourth-order valence-corrected chi connectivity index (χ4v) is 3.07. The molecule has 1 aliphatic rings. The quantitative estimate of drug-likeness (QED) is 0.582. The third-order valence-corrected chi connectivity index (χ3v) is 4.61. The molecular weight excluding hydrogens is 404 g/mol. The Morgan fingerprint density at radius 2 is 2.14 bits per heavy atom. The lowest BCUT2D eigenvalue weighted by Crippen LogP contribution is -2.53. The highest BCUT2D eigenvalue weighted by atomic mass is 35.5. The largest absolute Gasteiger partial charge is 0.495 e. The van der Waals surface area contributed by atoms with Crippen molar-refractivity contribution in [3.63, 3.8) is 0 Å². The van der Waals surface area contributed by atoms with Gasteiger partial charge in [-0.05, 0) is 48.0 Å². The number of fused-ring (bicyclic) bond motifs is 1. The van der Waals surface area contributed by atoms with Crippen LogP contribution in [0.25, 0.3) is 0 Å². The van der Waals surface area contributed by atoms with Crippen LogP contribution in [0, 0.1) is 10.1 Å². The normalized spacial score (nSPS) is 16.5. The molecule has 1 N–H and O–H groups in total. The van der Waals surface area contributed by atoms with Crippen molar-refractivity contribution in [2.75, 3.05) is 17.3 Å². The number of ether oxygens (including phenoxy) is 2. The molecule has 152 valence electrons. The first kappa shape index (κ1) is 20.3. The molecule has 2 unspecified atom stereocenters. The number of rotatable bonds is 5. The third-order valence-electron chi connectivity index (χ3n) is 4.31. The Hall–Kier alpha value is -3.40. The zero-order valence-electron chi connectivity index (χ0n) is 15.7. The number of hydrogen-bond acceptors (Lipinski definition) is 7. The van der Waals surface area contributed by atoms with E-state index in [0.29, 0.717) is 16.5 Å². The number of carbonyl (C=O) groups excluding carboxylic acids is 2. The third kappa shape index (κ3) is 3.92. The Balaban J connectivity index is 1.91. The average molecular weight is 421 g/mol. The van der Waals surface area contributed by atoms with Gasteiger partial charge in [-0.1, -0.05) is 11.6 Å². The van der Waals surface area contributed by atoms with Crippen molar-refractivity contribution in [2.24, 2.45) is 0 Å². The van der Waals surface area contributed by atoms with Gasteiger partial charge in [0.1, 0.15) is 11.8 Å². The molecule has 0 aliphatic carbocycles. The maximum Gasteiger partial charge on any atom is 0.366 e. The highest BCUT2D eigenvalue weighted by molar-refractivity contribution is 6.32. The van der Waals surface area contributed by atoms with E-state index in [1.54, 1.807) is 12.1 Å². The van der Waals surface area contributed by atoms with Gasteiger partial charge in [-0.15, -0.1) is 0 Å². The molecule has 3 rings (SSSR count). The van der Waals surface area contributed by atoms with Gasteiger partial charge in [0.2, 0.25) is 5.91 Å². The molecule has 10 nitrogen and oxygen atoms in total. The van der Waals surface area contributed by atoms with Gasteiger partial charge in [0.25, 0.3) is 11.7 Å². The van der Waals surface area contributed by atoms with Crippen molar-refractivity contribution >= 4 is 40.7 Å². The van der Waals surface area contributed by atoms with Crippen molar-refractivity contribution in [2.45, 2.75) is 26.0 Å². The molecular formula is C18H17ClN4O6. The van der Waals surface area contributed by atoms with Gasteiger partial charge in [0, 0.05) is 11.8 Å². The van der Waals surface area contributed by atoms with Gasteiger partial charge in [0.05, 0.1) is 12.1 Å². The fourth-order valence-electron chi connectivity index (χ4n) is 2.82. The van der Waals surface area contributed by atoms with Gasteiger partial charge in [0.15, 0.2) is 11.9 Å². The monoisotopic (exact) mass is 420 g/mol. The number of nitrogens with zero attached hydrogens (tertiary/aromatic N) is 3. The van der Waals surface area contributed by atoms with Crippen LogP contribution in [0.1, 0.15) is 13.8 Å². The topological polar surface area (TPSA) is 124 Å². The minimum Gasteiger partial charge on any atom is -0.495 e. The first-order valence-electron chi connectivity index (χ1n) is 8.52. The summed E-state index contributed by atoms with van der Waals surface area (Å²) in [5, 5.41) is 14.0. The number of aromatic nitrogens is 1. The molecule has 0 saturated carbocycles. The van der Waals surface area contributed by atoms with E-state index in [9.17, 15) is 19.7 Å². The molecule has 0 bridgehead atoms. The first-order chi connectivity index (χ1) is 13.7. The minimum atomic E-state index is -1.03. The van der Waals surface area contributed by atoms with E-state index < -0.39 is 34.7 Å². The van der Waals surface area contributed by atoms with E-state index in [1.165, 1.54) is 39.2 Å². The predicted molar refractivity (Wildman–Crippen MR) is 105 cm³/mol. The second kappa shape index (κ2) is 7.92. The molecule has 1 aromatic heterocycles. The molecule has 0 spiro atoms. The van der Waals surface area contributed by atoms with Crippen molar-refractivity contribution < 1.29 is 24.0 Å². The van der Waals surface area contributed by atoms with E-state index in [1.807, 2.05) is 0 Å². The molecule has 2 aromatic rings. The number of methoxy groups -OCH3 is 1. The number of benzene rings is 1. The number of pyridine rings is 1. The molecule has 2 heterocycles. The number of amides is 2. The van der Waals surface area contributed by atoms with Gasteiger partial charge in [-0.25, -0.2) is 0 Å². The Labute approximate surface area is 170 Å². The summed E-state index contributed by atoms with van der Waals surface area (Å²) in [5.74, 6) is -1.00. The molecule has 1 aliphatic heterocycles. The number of nitrogens with one attached hydrogen (secondary N) is 1. The fraction of sp³-hybridized carbons (Fsp3) is 0.278. The van der Waals surface area contributed by atoms with Crippen LogP contribution in [0.3, 0.4) is 0 Å². The molecule has 0 saturated heterocycles. The van der Waals surface area contributed by atoms with Crippen LogP contribution in [0.2, 0.25) is 5.02 Å². The Bertz CT molecular complexity index is 998. The smallest absolute Gasteiger partial charge is 0.366 e. The number of hydrogen-bond donors (Lipinski definition) is 1. The summed E-state index contributed by atoms with van der Waals surface area (Å²) >= 11 is 6.07. The van der Waals surface area contributed by atoms with Crippen molar-refractivity contribution in [1.29, 1.82) is 0 Å². The molecule has 2 atom stereocenters. The van der Waals surface area contributed by atoms with Crippen LogP contribution >= 0.6 is 11.6 Å². The standard InChI is InChI=1S/C18H17ClN4O6/c1-9(17(24)20-11-4-5-13(28-3)12(19)8-11)22-16-14(29-10(2)18(22)25)6-7-15(21-16)23(26)27/h4-10H,1-3H3,(H,20,24). The predicted octanol–water partition coefficient (Wildman–Crippen LogP) is 2.79. The average Bonchev–Trinajstić information content (AvgIpc) is 2.68. The van der Waals surface area contributed by atoms with Crippen molar-refractivity contribution in [1.82, 2.24) is 4.98 Å². The lowest BCUT2D eigenvalue weighted by atomic mass is 10.1. The van der Waals surface area contributed by atoms with Crippen LogP contribution in [0.4, 0.5) is 17.3 Å². The molecule has 1 aromatic carbocycles. The highest BCUT2D eigenvalue weighted by Gasteiger charge is 2.41. The van der Waals surface area contributed by atoms with E-state index >= 15 is 0 Å². The van der Waals surface area contributed by atoms with Gasteiger partial charge in [-0.2, -0.15) is 0 Å². The van der Waals surface area contributed by atoms with Gasteiger partial charge < -0.3 is 24.9 Å². The second-order valence-corrected chi connectivity index (χ2v) is 6.64. The van der Waals surface area contributed by atoms with E-state index in [-0.39, 0.29) is 11.6 Å². The summed E-state index contributed by atoms with van der Waals surface area (Å²) in [7, 11) is 1.47. The molecule has 0 radical (unpaired) electrons. The number of anilines is 2. The van der Waals surface area contributed by atoms with Crippen LogP contribution in [0.15, 0.2) is 30.3 Å². The van der Waals surface area contributed by atoms with Crippen LogP contribution < -0.4 is 19.7 Å². The van der Waals surface area contributed by atoms with E-state index in [0.717, 1.165) is 4.90 Å². The molecule has 11 heteroatoms. The molecule has 29 heavy (non-hydrogen) atoms. The van der Waals surface area contributed by atoms with Crippen molar-refractivity contribution in [3.05, 3.63) is 45.5 Å². The molecule has 2 amide bonds. The van der Waals surface area contributed by atoms with Gasteiger partial charge >= 0.3 is 5.82 Å². The summed E-state index contributed by atoms with van der Waals surface area (Å²) in [5.41, 5.74) is 0.397. The number of nitro groups is 1. The van der Waals surface area contributed by atoms with Crippen LogP contribution in [0.5, 0.6) is 11.5 Å². The SMILES string of the molecule is COc1ccc(NC(=O)C(C)N2C(=O)C(C)Oc3ccc([N+](=O)[O-])nc32)cc1Cl. The Morgan fingerprint density at radius 3 is 2.76 bits per heavy atom. The first-order valence-corrected chi connectivity index (χ1v) is 8.90. The maximum atomic E-state index is 12.8. The zero-order chi connectivity index (χ0) is 21.3. The summed E-state index contributed by atoms with van der Waals surface area (Å²) in [6.45, 7) is 3.01. The zero-order valence-corrected chi connectivity index (χ0v) is 16.5. The van der Waals surface area contributed by atoms with E-state index in [2.05, 4.69) is 10.3 Å². The molecule has 0 fully saturated rings. The van der Waals surface area contributed by atoms with Crippen LogP contribution in [-0.4, -0.2) is 41.0 Å². The summed E-state index contributed by atoms with van der Waals surface area (Å²) in [6, 6.07) is 6.18. The van der Waals surface area contributed by atoms with Gasteiger partial charge in [-0.3, -0.25) is 14.5 Å². The lowest BCUT2D eigenvalue weighted by molar-refractivity contribution is -0.389. The Morgan fingerprint density at radius 1 is 1.41 bits per heavy atom. The summed E-state index contributed by atoms with van der Waals surface area (Å²) in [6.07, 6.45) is -0.878. The second-order valence-electron chi connectivity index (χ2n) is 6.23. The van der Waals surface area contributed by atoms with Crippen molar-refractivity contribution in [3.8, 4) is 11.5 Å². The highest BCUT2D eigenvalue weighted by Crippen LogP contribution is 2.35. The maximum absolute atomic E-state index is 12.8.